The van der Waals surface area contributed by atoms with Gasteiger partial charge in [-0.05, 0) is 42.5 Å². The Morgan fingerprint density at radius 2 is 1.88 bits per heavy atom. The Kier molecular flexibility index (Phi) is 4.11. The lowest BCUT2D eigenvalue weighted by Gasteiger charge is -2.13. The van der Waals surface area contributed by atoms with E-state index in [0.717, 1.165) is 39.7 Å². The summed E-state index contributed by atoms with van der Waals surface area (Å²) < 4.78 is 2.14. The number of aromatic nitrogens is 2. The highest BCUT2D eigenvalue weighted by Crippen LogP contribution is 2.33. The Morgan fingerprint density at radius 1 is 1.04 bits per heavy atom. The Hall–Kier alpha value is -3.60. The highest BCUT2D eigenvalue weighted by Gasteiger charge is 2.14. The van der Waals surface area contributed by atoms with E-state index in [-0.39, 0.29) is 0 Å². The fraction of sp³-hybridized carbons (Fsp3) is 0.0476. The van der Waals surface area contributed by atoms with E-state index in [1.807, 2.05) is 42.5 Å². The number of benzene rings is 2. The van der Waals surface area contributed by atoms with Crippen LogP contribution < -0.4 is 10.2 Å². The van der Waals surface area contributed by atoms with Gasteiger partial charge >= 0.3 is 0 Å². The number of hydrogen-bond acceptors (Lipinski definition) is 3. The molecule has 5 nitrogen and oxygen atoms in total. The van der Waals surface area contributed by atoms with E-state index in [0.29, 0.717) is 0 Å². The summed E-state index contributed by atoms with van der Waals surface area (Å²) in [6.07, 6.45) is 6.01. The molecule has 0 saturated heterocycles. The van der Waals surface area contributed by atoms with Gasteiger partial charge in [0.2, 0.25) is 6.41 Å². The number of anilines is 1. The number of nitrogens with one attached hydrogen (secondary N) is 1. The van der Waals surface area contributed by atoms with Crippen LogP contribution in [-0.2, 0) is 4.79 Å². The largest absolute Gasteiger partial charge is 0.393 e. The van der Waals surface area contributed by atoms with Crippen molar-refractivity contribution >= 4 is 34.0 Å². The second-order valence-electron chi connectivity index (χ2n) is 5.86. The van der Waals surface area contributed by atoms with E-state index in [1.165, 1.54) is 4.90 Å². The summed E-state index contributed by atoms with van der Waals surface area (Å²) >= 11 is 0. The van der Waals surface area contributed by atoms with Crippen molar-refractivity contribution < 1.29 is 4.79 Å². The molecule has 5 heteroatoms. The molecule has 0 bridgehead atoms. The summed E-state index contributed by atoms with van der Waals surface area (Å²) in [6, 6.07) is 20.1. The third-order valence-corrected chi connectivity index (χ3v) is 4.34. The zero-order chi connectivity index (χ0) is 17.9. The molecule has 1 amide bonds. The molecule has 0 radical (unpaired) electrons. The van der Waals surface area contributed by atoms with Crippen molar-refractivity contribution in [1.82, 2.24) is 14.9 Å². The van der Waals surface area contributed by atoms with E-state index in [9.17, 15) is 4.79 Å². The van der Waals surface area contributed by atoms with Gasteiger partial charge in [-0.2, -0.15) is 0 Å². The molecule has 4 aromatic rings. The van der Waals surface area contributed by atoms with Crippen molar-refractivity contribution in [1.29, 1.82) is 0 Å². The highest BCUT2D eigenvalue weighted by atomic mass is 16.1. The molecule has 1 N–H and O–H groups in total. The lowest BCUT2D eigenvalue weighted by atomic mass is 10.1. The van der Waals surface area contributed by atoms with Crippen molar-refractivity contribution in [3.63, 3.8) is 0 Å². The smallest absolute Gasteiger partial charge is 0.218 e. The Labute approximate surface area is 151 Å². The number of fused-ring (bicyclic) bond motifs is 3. The van der Waals surface area contributed by atoms with Crippen molar-refractivity contribution in [3.05, 3.63) is 79.3 Å². The number of nitrogens with zero attached hydrogens (tertiary/aromatic N) is 3. The topological polar surface area (TPSA) is 50.2 Å². The molecule has 2 aromatic heterocycles. The molecule has 128 valence electrons. The second kappa shape index (κ2) is 6.72. The maximum absolute atomic E-state index is 11.5. The van der Waals surface area contributed by atoms with Crippen LogP contribution in [0.2, 0.25) is 0 Å². The van der Waals surface area contributed by atoms with Crippen LogP contribution in [-0.4, -0.2) is 23.0 Å². The standard InChI is InChI=1S/C21H18N4O/c1-22-12-13-24(15-26)17-9-10-20-19(14-17)18-8-5-11-23-21(18)25(20)16-6-3-2-4-7-16/h2-15,22H,1H3/b13-12-. The molecule has 0 aliphatic heterocycles. The highest BCUT2D eigenvalue weighted by molar-refractivity contribution is 6.09. The molecule has 0 saturated carbocycles. The predicted octanol–water partition coefficient (Wildman–Crippen LogP) is 3.83. The van der Waals surface area contributed by atoms with Crippen molar-refractivity contribution in [2.45, 2.75) is 0 Å². The van der Waals surface area contributed by atoms with Gasteiger partial charge in [-0.1, -0.05) is 18.2 Å². The lowest BCUT2D eigenvalue weighted by molar-refractivity contribution is -0.106. The predicted molar refractivity (Wildman–Crippen MR) is 105 cm³/mol. The Bertz CT molecular complexity index is 1100. The summed E-state index contributed by atoms with van der Waals surface area (Å²) in [5, 5.41) is 5.01. The van der Waals surface area contributed by atoms with E-state index in [4.69, 9.17) is 0 Å². The van der Waals surface area contributed by atoms with Crippen LogP contribution in [0, 0.1) is 0 Å². The summed E-state index contributed by atoms with van der Waals surface area (Å²) in [5.41, 5.74) is 3.81. The van der Waals surface area contributed by atoms with E-state index in [1.54, 1.807) is 25.6 Å². The molecule has 26 heavy (non-hydrogen) atoms. The van der Waals surface area contributed by atoms with Crippen LogP contribution in [0.4, 0.5) is 5.69 Å². The minimum atomic E-state index is 0.795. The molecule has 4 rings (SSSR count). The lowest BCUT2D eigenvalue weighted by Crippen LogP contribution is -2.14. The molecule has 0 unspecified atom stereocenters. The van der Waals surface area contributed by atoms with Crippen LogP contribution >= 0.6 is 0 Å². The number of hydrogen-bond donors (Lipinski definition) is 1. The Morgan fingerprint density at radius 3 is 2.65 bits per heavy atom. The fourth-order valence-electron chi connectivity index (χ4n) is 3.17. The molecular formula is C21H18N4O. The average Bonchev–Trinajstić information content (AvgIpc) is 3.03. The molecule has 0 aliphatic carbocycles. The number of amides is 1. The maximum atomic E-state index is 11.5. The molecule has 0 spiro atoms. The normalized spacial score (nSPS) is 11.3. The molecule has 0 fully saturated rings. The summed E-state index contributed by atoms with van der Waals surface area (Å²) in [4.78, 5) is 17.6. The van der Waals surface area contributed by atoms with Gasteiger partial charge in [-0.15, -0.1) is 0 Å². The van der Waals surface area contributed by atoms with Crippen molar-refractivity contribution in [2.24, 2.45) is 0 Å². The number of para-hydroxylation sites is 1. The second-order valence-corrected chi connectivity index (χ2v) is 5.86. The number of pyridine rings is 1. The van der Waals surface area contributed by atoms with Crippen LogP contribution in [0.1, 0.15) is 0 Å². The van der Waals surface area contributed by atoms with Gasteiger partial charge < -0.3 is 5.32 Å². The van der Waals surface area contributed by atoms with Gasteiger partial charge in [0.25, 0.3) is 0 Å². The molecule has 0 atom stereocenters. The van der Waals surface area contributed by atoms with Gasteiger partial charge in [0.05, 0.1) is 5.52 Å². The van der Waals surface area contributed by atoms with Crippen molar-refractivity contribution in [3.8, 4) is 5.69 Å². The van der Waals surface area contributed by atoms with Crippen LogP contribution in [0.3, 0.4) is 0 Å². The quantitative estimate of drug-likeness (QED) is 0.561. The number of carbonyl (C=O) groups is 1. The first-order valence-electron chi connectivity index (χ1n) is 8.35. The maximum Gasteiger partial charge on any atom is 0.218 e. The average molecular weight is 342 g/mol. The van der Waals surface area contributed by atoms with Gasteiger partial charge in [0, 0.05) is 47.8 Å². The first-order chi connectivity index (χ1) is 12.8. The van der Waals surface area contributed by atoms with Gasteiger partial charge in [0.1, 0.15) is 5.65 Å². The van der Waals surface area contributed by atoms with Gasteiger partial charge in [0.15, 0.2) is 0 Å². The van der Waals surface area contributed by atoms with Crippen LogP contribution in [0.15, 0.2) is 79.3 Å². The van der Waals surface area contributed by atoms with Gasteiger partial charge in [-0.25, -0.2) is 4.98 Å². The molecule has 0 aliphatic rings. The first kappa shape index (κ1) is 15.9. The van der Waals surface area contributed by atoms with Crippen LogP contribution in [0.25, 0.3) is 27.6 Å². The first-order valence-corrected chi connectivity index (χ1v) is 8.35. The SMILES string of the molecule is CN/C=C\N(C=O)c1ccc2c(c1)c1cccnc1n2-c1ccccc1. The van der Waals surface area contributed by atoms with Gasteiger partial charge in [-0.3, -0.25) is 14.3 Å². The summed E-state index contributed by atoms with van der Waals surface area (Å²) in [7, 11) is 1.79. The third kappa shape index (κ3) is 2.59. The summed E-state index contributed by atoms with van der Waals surface area (Å²) in [6.45, 7) is 0. The minimum absolute atomic E-state index is 0.795. The monoisotopic (exact) mass is 342 g/mol. The Balaban J connectivity index is 1.99. The minimum Gasteiger partial charge on any atom is -0.393 e. The van der Waals surface area contributed by atoms with E-state index < -0.39 is 0 Å². The molecule has 2 heterocycles. The zero-order valence-electron chi connectivity index (χ0n) is 14.3. The summed E-state index contributed by atoms with van der Waals surface area (Å²) in [5.74, 6) is 0. The fourth-order valence-corrected chi connectivity index (χ4v) is 3.17. The number of rotatable bonds is 5. The van der Waals surface area contributed by atoms with Crippen LogP contribution in [0.5, 0.6) is 0 Å². The zero-order valence-corrected chi connectivity index (χ0v) is 14.3. The van der Waals surface area contributed by atoms with E-state index >= 15 is 0 Å². The third-order valence-electron chi connectivity index (χ3n) is 4.34. The van der Waals surface area contributed by atoms with Crippen molar-refractivity contribution in [2.75, 3.05) is 11.9 Å². The molecule has 2 aromatic carbocycles. The van der Waals surface area contributed by atoms with E-state index in [2.05, 4.69) is 33.1 Å². The number of carbonyl (C=O) groups excluding carboxylic acids is 1. The molecular weight excluding hydrogens is 324 g/mol.